The number of aromatic nitrogens is 1. The molecule has 1 aliphatic heterocycles. The van der Waals surface area contributed by atoms with Crippen LogP contribution in [0.4, 0.5) is 0 Å². The van der Waals surface area contributed by atoms with Gasteiger partial charge in [-0.25, -0.2) is 4.98 Å². The average Bonchev–Trinajstić information content (AvgIpc) is 3.18. The van der Waals surface area contributed by atoms with Gasteiger partial charge in [-0.1, -0.05) is 13.3 Å². The third-order valence-electron chi connectivity index (χ3n) is 4.10. The van der Waals surface area contributed by atoms with Gasteiger partial charge in [0.15, 0.2) is 11.5 Å². The van der Waals surface area contributed by atoms with Gasteiger partial charge >= 0.3 is 0 Å². The van der Waals surface area contributed by atoms with E-state index < -0.39 is 0 Å². The van der Waals surface area contributed by atoms with E-state index in [0.717, 1.165) is 30.7 Å². The molecule has 1 aromatic heterocycles. The quantitative estimate of drug-likeness (QED) is 0.814. The highest BCUT2D eigenvalue weighted by Gasteiger charge is 2.19. The number of carbonyl (C=O) groups excluding carboxylic acids is 1. The van der Waals surface area contributed by atoms with Crippen LogP contribution in [-0.4, -0.2) is 36.2 Å². The zero-order chi connectivity index (χ0) is 17.1. The van der Waals surface area contributed by atoms with Crippen molar-refractivity contribution in [3.05, 3.63) is 29.7 Å². The number of ether oxygens (including phenoxy) is 2. The minimum atomic E-state index is 0.0529. The number of rotatable bonds is 6. The van der Waals surface area contributed by atoms with Crippen LogP contribution in [0.2, 0.25) is 0 Å². The second kappa shape index (κ2) is 6.95. The van der Waals surface area contributed by atoms with Crippen molar-refractivity contribution in [3.63, 3.8) is 0 Å². The summed E-state index contributed by atoms with van der Waals surface area (Å²) in [6, 6.07) is 5.55. The van der Waals surface area contributed by atoms with E-state index in [2.05, 4.69) is 11.9 Å². The maximum absolute atomic E-state index is 12.3. The molecule has 1 aliphatic rings. The minimum Gasteiger partial charge on any atom is -0.454 e. The highest BCUT2D eigenvalue weighted by atomic mass is 16.7. The molecule has 0 fully saturated rings. The van der Waals surface area contributed by atoms with Crippen LogP contribution in [0.25, 0.3) is 11.5 Å². The summed E-state index contributed by atoms with van der Waals surface area (Å²) in [7, 11) is 1.83. The SMILES string of the molecule is CCCCN(C)C(=O)Cc1nc(-c2ccc3c(c2)OCO3)oc1C. The molecule has 0 saturated heterocycles. The van der Waals surface area contributed by atoms with Crippen molar-refractivity contribution in [3.8, 4) is 23.0 Å². The second-order valence-corrected chi connectivity index (χ2v) is 5.94. The van der Waals surface area contributed by atoms with E-state index in [0.29, 0.717) is 23.1 Å². The predicted octanol–water partition coefficient (Wildman–Crippen LogP) is 3.18. The van der Waals surface area contributed by atoms with Gasteiger partial charge in [0, 0.05) is 19.2 Å². The van der Waals surface area contributed by atoms with Crippen molar-refractivity contribution < 1.29 is 18.7 Å². The van der Waals surface area contributed by atoms with Crippen LogP contribution >= 0.6 is 0 Å². The smallest absolute Gasteiger partial charge is 0.231 e. The van der Waals surface area contributed by atoms with E-state index >= 15 is 0 Å². The van der Waals surface area contributed by atoms with Crippen LogP contribution < -0.4 is 9.47 Å². The normalized spacial score (nSPS) is 12.5. The van der Waals surface area contributed by atoms with Crippen LogP contribution in [0.1, 0.15) is 31.2 Å². The molecule has 1 amide bonds. The molecule has 2 heterocycles. The fourth-order valence-corrected chi connectivity index (χ4v) is 2.54. The fourth-order valence-electron chi connectivity index (χ4n) is 2.54. The number of nitrogens with zero attached hydrogens (tertiary/aromatic N) is 2. The van der Waals surface area contributed by atoms with E-state index in [1.54, 1.807) is 4.90 Å². The third kappa shape index (κ3) is 3.37. The highest BCUT2D eigenvalue weighted by Crippen LogP contribution is 2.36. The predicted molar refractivity (Wildman–Crippen MR) is 89.0 cm³/mol. The third-order valence-corrected chi connectivity index (χ3v) is 4.10. The summed E-state index contributed by atoms with van der Waals surface area (Å²) in [5.74, 6) is 2.61. The molecular weight excluding hydrogens is 308 g/mol. The molecule has 3 rings (SSSR count). The molecule has 0 radical (unpaired) electrons. The van der Waals surface area contributed by atoms with E-state index in [1.165, 1.54) is 0 Å². The summed E-state index contributed by atoms with van der Waals surface area (Å²) in [4.78, 5) is 18.5. The van der Waals surface area contributed by atoms with Gasteiger partial charge in [0.1, 0.15) is 5.76 Å². The first-order chi connectivity index (χ1) is 11.6. The van der Waals surface area contributed by atoms with Crippen molar-refractivity contribution in [1.29, 1.82) is 0 Å². The Morgan fingerprint density at radius 2 is 2.08 bits per heavy atom. The number of fused-ring (bicyclic) bond motifs is 1. The van der Waals surface area contributed by atoms with Crippen molar-refractivity contribution in [2.75, 3.05) is 20.4 Å². The Bertz CT molecular complexity index is 739. The Morgan fingerprint density at radius 1 is 1.29 bits per heavy atom. The van der Waals surface area contributed by atoms with E-state index in [-0.39, 0.29) is 19.1 Å². The number of benzene rings is 1. The molecule has 0 N–H and O–H groups in total. The molecule has 0 spiro atoms. The molecule has 128 valence electrons. The van der Waals surface area contributed by atoms with E-state index in [9.17, 15) is 4.79 Å². The molecule has 6 nitrogen and oxygen atoms in total. The molecule has 0 saturated carbocycles. The Hall–Kier alpha value is -2.50. The van der Waals surface area contributed by atoms with E-state index in [4.69, 9.17) is 13.9 Å². The summed E-state index contributed by atoms with van der Waals surface area (Å²) in [5.41, 5.74) is 1.48. The lowest BCUT2D eigenvalue weighted by Crippen LogP contribution is -2.29. The van der Waals surface area contributed by atoms with Gasteiger partial charge in [0.05, 0.1) is 12.1 Å². The molecule has 2 aromatic rings. The maximum atomic E-state index is 12.3. The molecule has 1 aromatic carbocycles. The molecule has 24 heavy (non-hydrogen) atoms. The summed E-state index contributed by atoms with van der Waals surface area (Å²) in [6.07, 6.45) is 2.32. The molecule has 0 aliphatic carbocycles. The van der Waals surface area contributed by atoms with Gasteiger partial charge < -0.3 is 18.8 Å². The number of oxazole rings is 1. The number of aryl methyl sites for hydroxylation is 1. The van der Waals surface area contributed by atoms with Crippen LogP contribution in [0.3, 0.4) is 0 Å². The number of hydrogen-bond donors (Lipinski definition) is 0. The van der Waals surface area contributed by atoms with Gasteiger partial charge in [-0.05, 0) is 31.5 Å². The topological polar surface area (TPSA) is 64.8 Å². The second-order valence-electron chi connectivity index (χ2n) is 5.94. The molecular formula is C18H22N2O4. The molecule has 0 unspecified atom stereocenters. The lowest BCUT2D eigenvalue weighted by molar-refractivity contribution is -0.129. The monoisotopic (exact) mass is 330 g/mol. The first kappa shape index (κ1) is 16.4. The largest absolute Gasteiger partial charge is 0.454 e. The van der Waals surface area contributed by atoms with Crippen LogP contribution in [-0.2, 0) is 11.2 Å². The number of unbranched alkanes of at least 4 members (excludes halogenated alkanes) is 1. The van der Waals surface area contributed by atoms with Gasteiger partial charge in [-0.3, -0.25) is 4.79 Å². The molecule has 6 heteroatoms. The standard InChI is InChI=1S/C18H22N2O4/c1-4-5-8-20(3)17(21)10-14-12(2)24-18(19-14)13-6-7-15-16(9-13)23-11-22-15/h6-7,9H,4-5,8,10-11H2,1-3H3. The van der Waals surface area contributed by atoms with Crippen molar-refractivity contribution in [1.82, 2.24) is 9.88 Å². The number of likely N-dealkylation sites (N-methyl/N-ethyl adjacent to an activating group) is 1. The van der Waals surface area contributed by atoms with Gasteiger partial charge in [0.25, 0.3) is 0 Å². The van der Waals surface area contributed by atoms with Gasteiger partial charge in [-0.2, -0.15) is 0 Å². The summed E-state index contributed by atoms with van der Waals surface area (Å²) in [6.45, 7) is 4.93. The van der Waals surface area contributed by atoms with Crippen molar-refractivity contribution in [2.24, 2.45) is 0 Å². The van der Waals surface area contributed by atoms with Gasteiger partial charge in [-0.15, -0.1) is 0 Å². The summed E-state index contributed by atoms with van der Waals surface area (Å²) >= 11 is 0. The average molecular weight is 330 g/mol. The number of carbonyl (C=O) groups is 1. The van der Waals surface area contributed by atoms with Gasteiger partial charge in [0.2, 0.25) is 18.6 Å². The number of amides is 1. The first-order valence-corrected chi connectivity index (χ1v) is 8.18. The van der Waals surface area contributed by atoms with Crippen molar-refractivity contribution >= 4 is 5.91 Å². The van der Waals surface area contributed by atoms with Crippen LogP contribution in [0, 0.1) is 6.92 Å². The Kier molecular flexibility index (Phi) is 4.74. The minimum absolute atomic E-state index is 0.0529. The maximum Gasteiger partial charge on any atom is 0.231 e. The summed E-state index contributed by atoms with van der Waals surface area (Å²) < 4.78 is 16.4. The lowest BCUT2D eigenvalue weighted by atomic mass is 10.2. The first-order valence-electron chi connectivity index (χ1n) is 8.18. The Balaban J connectivity index is 1.74. The zero-order valence-corrected chi connectivity index (χ0v) is 14.3. The number of hydrogen-bond acceptors (Lipinski definition) is 5. The Labute approximate surface area is 141 Å². The zero-order valence-electron chi connectivity index (χ0n) is 14.3. The molecule has 0 bridgehead atoms. The lowest BCUT2D eigenvalue weighted by Gasteiger charge is -2.15. The van der Waals surface area contributed by atoms with Crippen molar-refractivity contribution in [2.45, 2.75) is 33.1 Å². The molecule has 0 atom stereocenters. The Morgan fingerprint density at radius 3 is 2.88 bits per heavy atom. The van der Waals surface area contributed by atoms with Crippen LogP contribution in [0.15, 0.2) is 22.6 Å². The van der Waals surface area contributed by atoms with E-state index in [1.807, 2.05) is 32.2 Å². The summed E-state index contributed by atoms with van der Waals surface area (Å²) in [5, 5.41) is 0. The fraction of sp³-hybridized carbons (Fsp3) is 0.444. The highest BCUT2D eigenvalue weighted by molar-refractivity contribution is 5.78. The van der Waals surface area contributed by atoms with Crippen LogP contribution in [0.5, 0.6) is 11.5 Å².